The minimum Gasteiger partial charge on any atom is -0.481 e. The normalized spacial score (nSPS) is 14.7. The van der Waals surface area contributed by atoms with E-state index in [9.17, 15) is 9.59 Å². The Hall–Kier alpha value is -1.14. The summed E-state index contributed by atoms with van der Waals surface area (Å²) in [6, 6.07) is -1.47. The molecule has 0 rings (SSSR count). The molecule has 0 aliphatic heterocycles. The Bertz CT molecular complexity index is 195. The molecule has 2 atom stereocenters. The summed E-state index contributed by atoms with van der Waals surface area (Å²) in [4.78, 5) is 21.2. The summed E-state index contributed by atoms with van der Waals surface area (Å²) in [6.07, 6.45) is -0.413. The van der Waals surface area contributed by atoms with Gasteiger partial charge in [-0.05, 0) is 6.92 Å². The molecule has 0 spiro atoms. The second kappa shape index (κ2) is 5.50. The van der Waals surface area contributed by atoms with E-state index in [0.29, 0.717) is 0 Å². The van der Waals surface area contributed by atoms with Crippen LogP contribution in [0.1, 0.15) is 13.3 Å². The molecule has 0 aromatic rings. The van der Waals surface area contributed by atoms with Crippen LogP contribution in [0.3, 0.4) is 0 Å². The van der Waals surface area contributed by atoms with Gasteiger partial charge in [0, 0.05) is 6.04 Å². The molecule has 0 aromatic heterocycles. The van der Waals surface area contributed by atoms with Gasteiger partial charge in [-0.25, -0.2) is 0 Å². The van der Waals surface area contributed by atoms with E-state index in [1.54, 1.807) is 6.92 Å². The molecule has 0 aliphatic carbocycles. The fraction of sp³-hybridized carbons (Fsp3) is 0.714. The Morgan fingerprint density at radius 2 is 2.08 bits per heavy atom. The van der Waals surface area contributed by atoms with Gasteiger partial charge in [0.25, 0.3) is 0 Å². The molecule has 0 radical (unpaired) electrons. The van der Waals surface area contributed by atoms with Crippen molar-refractivity contribution in [3.8, 4) is 0 Å². The van der Waals surface area contributed by atoms with Crippen LogP contribution in [0.15, 0.2) is 0 Å². The summed E-state index contributed by atoms with van der Waals surface area (Å²) in [7, 11) is 0. The van der Waals surface area contributed by atoms with E-state index in [1.165, 1.54) is 0 Å². The van der Waals surface area contributed by atoms with Gasteiger partial charge in [-0.2, -0.15) is 0 Å². The van der Waals surface area contributed by atoms with E-state index in [1.807, 2.05) is 0 Å². The maximum absolute atomic E-state index is 11.0. The molecule has 0 bridgehead atoms. The van der Waals surface area contributed by atoms with Crippen molar-refractivity contribution < 1.29 is 19.8 Å². The third-order valence-corrected chi connectivity index (χ3v) is 1.39. The maximum atomic E-state index is 11.0. The van der Waals surface area contributed by atoms with Crippen molar-refractivity contribution in [3.05, 3.63) is 0 Å². The highest BCUT2D eigenvalue weighted by Crippen LogP contribution is 1.89. The standard InChI is InChI=1S/C7H14N2O4/c1-4(3-10)9-7(13)5(8)2-6(11)12/h4-5,10H,2-3,8H2,1H3,(H,9,13)(H,11,12)/t4-,5+/m1/s1. The first-order valence-electron chi connectivity index (χ1n) is 3.86. The number of aliphatic hydroxyl groups excluding tert-OH is 1. The molecular formula is C7H14N2O4. The molecule has 6 heteroatoms. The summed E-state index contributed by atoms with van der Waals surface area (Å²) in [5.74, 6) is -1.69. The number of aliphatic carboxylic acids is 1. The van der Waals surface area contributed by atoms with Gasteiger partial charge in [-0.3, -0.25) is 9.59 Å². The zero-order chi connectivity index (χ0) is 10.4. The van der Waals surface area contributed by atoms with E-state index >= 15 is 0 Å². The molecule has 76 valence electrons. The number of aliphatic hydroxyl groups is 1. The van der Waals surface area contributed by atoms with E-state index in [4.69, 9.17) is 15.9 Å². The number of amides is 1. The quantitative estimate of drug-likeness (QED) is 0.412. The summed E-state index contributed by atoms with van der Waals surface area (Å²) in [5.41, 5.74) is 5.25. The summed E-state index contributed by atoms with van der Waals surface area (Å²) >= 11 is 0. The molecule has 0 fully saturated rings. The predicted octanol–water partition coefficient (Wildman–Crippen LogP) is -1.71. The van der Waals surface area contributed by atoms with Crippen molar-refractivity contribution in [1.29, 1.82) is 0 Å². The highest BCUT2D eigenvalue weighted by atomic mass is 16.4. The van der Waals surface area contributed by atoms with Gasteiger partial charge in [0.15, 0.2) is 0 Å². The van der Waals surface area contributed by atoms with Gasteiger partial charge in [0.05, 0.1) is 19.1 Å². The van der Waals surface area contributed by atoms with Gasteiger partial charge in [-0.1, -0.05) is 0 Å². The van der Waals surface area contributed by atoms with Crippen molar-refractivity contribution in [2.24, 2.45) is 5.73 Å². The predicted molar refractivity (Wildman–Crippen MR) is 44.9 cm³/mol. The summed E-state index contributed by atoms with van der Waals surface area (Å²) in [6.45, 7) is 1.39. The Balaban J connectivity index is 3.89. The van der Waals surface area contributed by atoms with E-state index in [2.05, 4.69) is 5.32 Å². The van der Waals surface area contributed by atoms with Gasteiger partial charge in [0.2, 0.25) is 5.91 Å². The smallest absolute Gasteiger partial charge is 0.305 e. The zero-order valence-corrected chi connectivity index (χ0v) is 7.36. The van der Waals surface area contributed by atoms with Crippen LogP contribution in [-0.4, -0.2) is 40.8 Å². The second-order valence-electron chi connectivity index (χ2n) is 2.80. The number of carboxylic acid groups (broad SMARTS) is 1. The lowest BCUT2D eigenvalue weighted by Crippen LogP contribution is -2.46. The van der Waals surface area contributed by atoms with Crippen molar-refractivity contribution >= 4 is 11.9 Å². The first-order valence-corrected chi connectivity index (χ1v) is 3.86. The third kappa shape index (κ3) is 5.15. The Morgan fingerprint density at radius 3 is 2.46 bits per heavy atom. The van der Waals surface area contributed by atoms with Crippen LogP contribution < -0.4 is 11.1 Å². The van der Waals surface area contributed by atoms with E-state index in [0.717, 1.165) is 0 Å². The number of carbonyl (C=O) groups is 2. The van der Waals surface area contributed by atoms with Crippen LogP contribution in [0, 0.1) is 0 Å². The van der Waals surface area contributed by atoms with Crippen LogP contribution in [-0.2, 0) is 9.59 Å². The van der Waals surface area contributed by atoms with E-state index in [-0.39, 0.29) is 6.61 Å². The molecule has 0 unspecified atom stereocenters. The average molecular weight is 190 g/mol. The van der Waals surface area contributed by atoms with Crippen molar-refractivity contribution in [3.63, 3.8) is 0 Å². The fourth-order valence-corrected chi connectivity index (χ4v) is 0.676. The molecule has 5 N–H and O–H groups in total. The Labute approximate surface area is 75.7 Å². The van der Waals surface area contributed by atoms with Gasteiger partial charge < -0.3 is 21.3 Å². The number of hydrogen-bond acceptors (Lipinski definition) is 4. The topological polar surface area (TPSA) is 113 Å². The van der Waals surface area contributed by atoms with Gasteiger partial charge in [0.1, 0.15) is 0 Å². The maximum Gasteiger partial charge on any atom is 0.305 e. The molecule has 1 amide bonds. The fourth-order valence-electron chi connectivity index (χ4n) is 0.676. The molecule has 13 heavy (non-hydrogen) atoms. The second-order valence-corrected chi connectivity index (χ2v) is 2.80. The molecule has 0 aliphatic rings. The number of carboxylic acids is 1. The molecular weight excluding hydrogens is 176 g/mol. The monoisotopic (exact) mass is 190 g/mol. The Kier molecular flexibility index (Phi) is 5.01. The lowest BCUT2D eigenvalue weighted by molar-refractivity contribution is -0.139. The number of hydrogen-bond donors (Lipinski definition) is 4. The summed E-state index contributed by atoms with van der Waals surface area (Å²) < 4.78 is 0. The lowest BCUT2D eigenvalue weighted by Gasteiger charge is -2.14. The van der Waals surface area contributed by atoms with Crippen molar-refractivity contribution in [2.75, 3.05) is 6.61 Å². The first kappa shape index (κ1) is 11.9. The zero-order valence-electron chi connectivity index (χ0n) is 7.36. The largest absolute Gasteiger partial charge is 0.481 e. The molecule has 0 saturated heterocycles. The SMILES string of the molecule is C[C@H](CO)NC(=O)[C@@H](N)CC(=O)O. The van der Waals surface area contributed by atoms with Crippen LogP contribution in [0.25, 0.3) is 0 Å². The lowest BCUT2D eigenvalue weighted by atomic mass is 10.2. The Morgan fingerprint density at radius 1 is 1.54 bits per heavy atom. The first-order chi connectivity index (χ1) is 5.97. The number of carbonyl (C=O) groups excluding carboxylic acids is 1. The molecule has 0 saturated carbocycles. The highest BCUT2D eigenvalue weighted by molar-refractivity contribution is 5.86. The van der Waals surface area contributed by atoms with E-state index < -0.39 is 30.4 Å². The van der Waals surface area contributed by atoms with Crippen LogP contribution in [0.4, 0.5) is 0 Å². The van der Waals surface area contributed by atoms with Crippen molar-refractivity contribution in [2.45, 2.75) is 25.4 Å². The van der Waals surface area contributed by atoms with Crippen LogP contribution >= 0.6 is 0 Å². The minimum atomic E-state index is -1.13. The van der Waals surface area contributed by atoms with Crippen LogP contribution in [0.2, 0.25) is 0 Å². The number of rotatable bonds is 5. The van der Waals surface area contributed by atoms with Crippen LogP contribution in [0.5, 0.6) is 0 Å². The highest BCUT2D eigenvalue weighted by Gasteiger charge is 2.17. The van der Waals surface area contributed by atoms with Gasteiger partial charge >= 0.3 is 5.97 Å². The third-order valence-electron chi connectivity index (χ3n) is 1.39. The molecule has 0 aromatic carbocycles. The average Bonchev–Trinajstić information content (AvgIpc) is 2.02. The van der Waals surface area contributed by atoms with Crippen molar-refractivity contribution in [1.82, 2.24) is 5.32 Å². The van der Waals surface area contributed by atoms with Gasteiger partial charge in [-0.15, -0.1) is 0 Å². The molecule has 6 nitrogen and oxygen atoms in total. The summed E-state index contributed by atoms with van der Waals surface area (Å²) in [5, 5.41) is 19.2. The molecule has 0 heterocycles. The minimum absolute atomic E-state index is 0.203. The number of nitrogens with two attached hydrogens (primary N) is 1. The number of nitrogens with one attached hydrogen (secondary N) is 1.